The second-order valence-corrected chi connectivity index (χ2v) is 4.08. The Hall–Kier alpha value is -1.61. The van der Waals surface area contributed by atoms with E-state index in [0.29, 0.717) is 5.15 Å². The largest absolute Gasteiger partial charge is 0.341 e. The third kappa shape index (κ3) is 1.15. The summed E-state index contributed by atoms with van der Waals surface area (Å²) in [5, 5.41) is 2.23. The second-order valence-electron chi connectivity index (χ2n) is 3.72. The number of fused-ring (bicyclic) bond motifs is 3. The van der Waals surface area contributed by atoms with Crippen LogP contribution in [0.4, 0.5) is 4.39 Å². The summed E-state index contributed by atoms with van der Waals surface area (Å²) in [6, 6.07) is 6.57. The van der Waals surface area contributed by atoms with Gasteiger partial charge >= 0.3 is 0 Å². The van der Waals surface area contributed by atoms with Crippen molar-refractivity contribution in [1.82, 2.24) is 9.55 Å². The van der Waals surface area contributed by atoms with Gasteiger partial charge in [-0.25, -0.2) is 9.37 Å². The Balaban J connectivity index is 2.65. The van der Waals surface area contributed by atoms with E-state index in [1.807, 2.05) is 17.7 Å². The van der Waals surface area contributed by atoms with E-state index in [-0.39, 0.29) is 5.82 Å². The SMILES string of the molecule is Cn1c2ccc(F)cc2c2ccnc(Cl)c21. The van der Waals surface area contributed by atoms with Gasteiger partial charge in [-0.1, -0.05) is 11.6 Å². The summed E-state index contributed by atoms with van der Waals surface area (Å²) in [7, 11) is 1.90. The van der Waals surface area contributed by atoms with E-state index < -0.39 is 0 Å². The zero-order valence-electron chi connectivity index (χ0n) is 8.54. The van der Waals surface area contributed by atoms with Crippen molar-refractivity contribution in [2.45, 2.75) is 0 Å². The number of halogens is 2. The zero-order chi connectivity index (χ0) is 11.3. The first-order valence-corrected chi connectivity index (χ1v) is 5.24. The number of aryl methyl sites for hydroxylation is 1. The number of benzene rings is 1. The Kier molecular flexibility index (Phi) is 1.91. The highest BCUT2D eigenvalue weighted by Gasteiger charge is 2.11. The molecule has 2 nitrogen and oxygen atoms in total. The molecule has 3 rings (SSSR count). The van der Waals surface area contributed by atoms with Crippen LogP contribution < -0.4 is 0 Å². The fraction of sp³-hybridized carbons (Fsp3) is 0.0833. The molecule has 16 heavy (non-hydrogen) atoms. The van der Waals surface area contributed by atoms with E-state index in [2.05, 4.69) is 4.98 Å². The van der Waals surface area contributed by atoms with E-state index >= 15 is 0 Å². The minimum Gasteiger partial charge on any atom is -0.341 e. The highest BCUT2D eigenvalue weighted by atomic mass is 35.5. The van der Waals surface area contributed by atoms with Gasteiger partial charge in [0, 0.05) is 29.5 Å². The standard InChI is InChI=1S/C12H8ClFN2/c1-16-10-3-2-7(14)6-9(10)8-4-5-15-12(13)11(8)16/h2-6H,1H3. The fourth-order valence-electron chi connectivity index (χ4n) is 2.10. The number of aromatic nitrogens is 2. The maximum absolute atomic E-state index is 13.2. The Morgan fingerprint density at radius 1 is 1.25 bits per heavy atom. The number of hydrogen-bond donors (Lipinski definition) is 0. The lowest BCUT2D eigenvalue weighted by molar-refractivity contribution is 0.629. The lowest BCUT2D eigenvalue weighted by atomic mass is 10.2. The molecule has 0 N–H and O–H groups in total. The molecule has 0 atom stereocenters. The second kappa shape index (κ2) is 3.19. The van der Waals surface area contributed by atoms with Gasteiger partial charge in [0.1, 0.15) is 5.82 Å². The number of pyridine rings is 1. The molecule has 2 aromatic heterocycles. The summed E-state index contributed by atoms with van der Waals surface area (Å²) in [5.74, 6) is -0.243. The molecule has 0 unspecified atom stereocenters. The van der Waals surface area contributed by atoms with Crippen LogP contribution in [-0.2, 0) is 7.05 Å². The van der Waals surface area contributed by atoms with Crippen molar-refractivity contribution in [3.63, 3.8) is 0 Å². The van der Waals surface area contributed by atoms with Crippen LogP contribution in [0.5, 0.6) is 0 Å². The van der Waals surface area contributed by atoms with Gasteiger partial charge in [-0.3, -0.25) is 0 Å². The topological polar surface area (TPSA) is 17.8 Å². The Morgan fingerprint density at radius 3 is 2.88 bits per heavy atom. The number of nitrogens with zero attached hydrogens (tertiary/aromatic N) is 2. The molecule has 1 aromatic carbocycles. The molecule has 0 aliphatic heterocycles. The molecular weight excluding hydrogens is 227 g/mol. The molecule has 0 spiro atoms. The summed E-state index contributed by atoms with van der Waals surface area (Å²) in [6.45, 7) is 0. The van der Waals surface area contributed by atoms with Crippen molar-refractivity contribution in [2.24, 2.45) is 7.05 Å². The van der Waals surface area contributed by atoms with Crippen LogP contribution in [0.1, 0.15) is 0 Å². The molecule has 0 saturated heterocycles. The van der Waals surface area contributed by atoms with Crippen molar-refractivity contribution < 1.29 is 4.39 Å². The fourth-order valence-corrected chi connectivity index (χ4v) is 2.39. The van der Waals surface area contributed by atoms with Crippen LogP contribution in [0.3, 0.4) is 0 Å². The van der Waals surface area contributed by atoms with Crippen LogP contribution in [0, 0.1) is 5.82 Å². The predicted octanol–water partition coefficient (Wildman–Crippen LogP) is 3.52. The summed E-state index contributed by atoms with van der Waals surface area (Å²) < 4.78 is 15.1. The molecule has 0 aliphatic rings. The highest BCUT2D eigenvalue weighted by molar-refractivity contribution is 6.35. The van der Waals surface area contributed by atoms with E-state index in [9.17, 15) is 4.39 Å². The van der Waals surface area contributed by atoms with Crippen LogP contribution in [0.25, 0.3) is 21.8 Å². The maximum Gasteiger partial charge on any atom is 0.153 e. The normalized spacial score (nSPS) is 11.4. The number of hydrogen-bond acceptors (Lipinski definition) is 1. The minimum absolute atomic E-state index is 0.243. The van der Waals surface area contributed by atoms with Gasteiger partial charge in [0.25, 0.3) is 0 Å². The van der Waals surface area contributed by atoms with Gasteiger partial charge in [-0.15, -0.1) is 0 Å². The van der Waals surface area contributed by atoms with Gasteiger partial charge in [0.05, 0.1) is 5.52 Å². The van der Waals surface area contributed by atoms with Crippen molar-refractivity contribution >= 4 is 33.4 Å². The summed E-state index contributed by atoms with van der Waals surface area (Å²) in [6.07, 6.45) is 1.63. The molecule has 0 fully saturated rings. The lowest BCUT2D eigenvalue weighted by Gasteiger charge is -1.98. The molecule has 2 heterocycles. The van der Waals surface area contributed by atoms with Crippen molar-refractivity contribution in [2.75, 3.05) is 0 Å². The average molecular weight is 235 g/mol. The smallest absolute Gasteiger partial charge is 0.153 e. The summed E-state index contributed by atoms with van der Waals surface area (Å²) in [5.41, 5.74) is 1.79. The highest BCUT2D eigenvalue weighted by Crippen LogP contribution is 2.31. The Bertz CT molecular complexity index is 703. The van der Waals surface area contributed by atoms with Crippen LogP contribution in [0.2, 0.25) is 5.15 Å². The summed E-state index contributed by atoms with van der Waals surface area (Å²) >= 11 is 6.05. The van der Waals surface area contributed by atoms with Gasteiger partial charge in [0.2, 0.25) is 0 Å². The first-order valence-electron chi connectivity index (χ1n) is 4.86. The molecule has 0 bridgehead atoms. The molecule has 0 radical (unpaired) electrons. The predicted molar refractivity (Wildman–Crippen MR) is 63.2 cm³/mol. The third-order valence-corrected chi connectivity index (χ3v) is 3.10. The molecule has 0 saturated carbocycles. The van der Waals surface area contributed by atoms with Crippen molar-refractivity contribution in [3.8, 4) is 0 Å². The number of rotatable bonds is 0. The molecule has 3 aromatic rings. The van der Waals surface area contributed by atoms with Gasteiger partial charge < -0.3 is 4.57 Å². The van der Waals surface area contributed by atoms with E-state index in [4.69, 9.17) is 11.6 Å². The van der Waals surface area contributed by atoms with E-state index in [1.54, 1.807) is 12.3 Å². The first-order chi connectivity index (χ1) is 7.68. The molecule has 0 amide bonds. The molecule has 0 aliphatic carbocycles. The third-order valence-electron chi connectivity index (χ3n) is 2.83. The van der Waals surface area contributed by atoms with Crippen LogP contribution in [-0.4, -0.2) is 9.55 Å². The molecule has 4 heteroatoms. The van der Waals surface area contributed by atoms with Crippen molar-refractivity contribution in [3.05, 3.63) is 41.4 Å². The van der Waals surface area contributed by atoms with Gasteiger partial charge in [-0.05, 0) is 24.3 Å². The zero-order valence-corrected chi connectivity index (χ0v) is 9.29. The molecular formula is C12H8ClFN2. The quantitative estimate of drug-likeness (QED) is 0.544. The Morgan fingerprint density at radius 2 is 2.06 bits per heavy atom. The van der Waals surface area contributed by atoms with Gasteiger partial charge in [-0.2, -0.15) is 0 Å². The van der Waals surface area contributed by atoms with Gasteiger partial charge in [0.15, 0.2) is 5.15 Å². The summed E-state index contributed by atoms with van der Waals surface area (Å²) in [4.78, 5) is 4.04. The van der Waals surface area contributed by atoms with Crippen LogP contribution in [0.15, 0.2) is 30.5 Å². The Labute approximate surface area is 96.3 Å². The lowest BCUT2D eigenvalue weighted by Crippen LogP contribution is -1.88. The van der Waals surface area contributed by atoms with E-state index in [0.717, 1.165) is 21.8 Å². The van der Waals surface area contributed by atoms with Crippen LogP contribution >= 0.6 is 11.6 Å². The minimum atomic E-state index is -0.243. The monoisotopic (exact) mass is 234 g/mol. The van der Waals surface area contributed by atoms with E-state index in [1.165, 1.54) is 12.1 Å². The first kappa shape index (κ1) is 9.60. The maximum atomic E-state index is 13.2. The van der Waals surface area contributed by atoms with Crippen molar-refractivity contribution in [1.29, 1.82) is 0 Å². The molecule has 80 valence electrons. The average Bonchev–Trinajstić information content (AvgIpc) is 2.54.